The summed E-state index contributed by atoms with van der Waals surface area (Å²) in [6, 6.07) is 5.67. The number of rotatable bonds is 5. The van der Waals surface area contributed by atoms with Crippen LogP contribution in [-0.4, -0.2) is 44.2 Å². The molecule has 3 rings (SSSR count). The summed E-state index contributed by atoms with van der Waals surface area (Å²) >= 11 is 0. The first-order chi connectivity index (χ1) is 13.7. The Bertz CT molecular complexity index is 727. The van der Waals surface area contributed by atoms with Gasteiger partial charge in [0.25, 0.3) is 5.91 Å². The van der Waals surface area contributed by atoms with Crippen molar-refractivity contribution in [1.29, 1.82) is 0 Å². The number of ether oxygens (including phenoxy) is 1. The van der Waals surface area contributed by atoms with Crippen LogP contribution in [0.3, 0.4) is 0 Å². The third-order valence-electron chi connectivity index (χ3n) is 5.82. The van der Waals surface area contributed by atoms with E-state index in [9.17, 15) is 9.59 Å². The van der Waals surface area contributed by atoms with Crippen molar-refractivity contribution in [3.63, 3.8) is 0 Å². The Morgan fingerprint density at radius 3 is 2.52 bits per heavy atom. The summed E-state index contributed by atoms with van der Waals surface area (Å²) in [5.74, 6) is 0.539. The topological polar surface area (TPSA) is 70.7 Å². The Kier molecular flexibility index (Phi) is 6.83. The van der Waals surface area contributed by atoms with Gasteiger partial charge in [-0.2, -0.15) is 0 Å². The third-order valence-corrected chi connectivity index (χ3v) is 5.82. The molecule has 2 saturated heterocycles. The Morgan fingerprint density at radius 1 is 1.17 bits per heavy atom. The van der Waals surface area contributed by atoms with E-state index in [0.717, 1.165) is 51.1 Å². The van der Waals surface area contributed by atoms with Gasteiger partial charge in [-0.25, -0.2) is 0 Å². The number of carbonyl (C=O) groups is 2. The molecule has 2 fully saturated rings. The van der Waals surface area contributed by atoms with Crippen molar-refractivity contribution in [2.75, 3.05) is 36.5 Å². The predicted octanol–water partition coefficient (Wildman–Crippen LogP) is 3.82. The molecule has 0 spiro atoms. The van der Waals surface area contributed by atoms with Crippen LogP contribution in [0.25, 0.3) is 0 Å². The Balaban J connectivity index is 1.80. The molecule has 0 aliphatic carbocycles. The monoisotopic (exact) mass is 401 g/mol. The first kappa shape index (κ1) is 21.6. The summed E-state index contributed by atoms with van der Waals surface area (Å²) in [6.45, 7) is 11.1. The Labute approximate surface area is 174 Å². The number of anilines is 2. The van der Waals surface area contributed by atoms with E-state index in [2.05, 4.69) is 22.5 Å². The second-order valence-corrected chi connectivity index (χ2v) is 9.45. The van der Waals surface area contributed by atoms with Crippen molar-refractivity contribution >= 4 is 23.2 Å². The van der Waals surface area contributed by atoms with Gasteiger partial charge < -0.3 is 20.3 Å². The third kappa shape index (κ3) is 5.72. The van der Waals surface area contributed by atoms with Crippen LogP contribution in [-0.2, 0) is 9.53 Å². The fourth-order valence-corrected chi connectivity index (χ4v) is 3.75. The fourth-order valence-electron chi connectivity index (χ4n) is 3.75. The minimum atomic E-state index is -0.496. The van der Waals surface area contributed by atoms with Gasteiger partial charge in [0.05, 0.1) is 11.7 Å². The second kappa shape index (κ2) is 9.16. The molecule has 2 N–H and O–H groups in total. The summed E-state index contributed by atoms with van der Waals surface area (Å²) < 4.78 is 5.63. The van der Waals surface area contributed by atoms with Gasteiger partial charge in [0.2, 0.25) is 5.91 Å². The van der Waals surface area contributed by atoms with Gasteiger partial charge in [0.1, 0.15) is 0 Å². The zero-order valence-corrected chi connectivity index (χ0v) is 18.2. The molecular formula is C23H35N3O3. The number of hydrogen-bond acceptors (Lipinski definition) is 4. The van der Waals surface area contributed by atoms with Crippen molar-refractivity contribution in [2.45, 2.75) is 59.5 Å². The van der Waals surface area contributed by atoms with Crippen molar-refractivity contribution in [3.05, 3.63) is 23.8 Å². The zero-order chi connectivity index (χ0) is 21.0. The van der Waals surface area contributed by atoms with Gasteiger partial charge in [0.15, 0.2) is 0 Å². The summed E-state index contributed by atoms with van der Waals surface area (Å²) in [5, 5.41) is 5.99. The van der Waals surface area contributed by atoms with E-state index >= 15 is 0 Å². The van der Waals surface area contributed by atoms with Crippen molar-refractivity contribution in [3.8, 4) is 0 Å². The number of hydrogen-bond donors (Lipinski definition) is 2. The van der Waals surface area contributed by atoms with Crippen LogP contribution >= 0.6 is 0 Å². The highest BCUT2D eigenvalue weighted by Gasteiger charge is 2.25. The smallest absolute Gasteiger partial charge is 0.253 e. The van der Waals surface area contributed by atoms with E-state index in [0.29, 0.717) is 23.7 Å². The molecule has 29 heavy (non-hydrogen) atoms. The molecule has 1 atom stereocenters. The summed E-state index contributed by atoms with van der Waals surface area (Å²) in [5.41, 5.74) is 1.71. The Morgan fingerprint density at radius 2 is 1.90 bits per heavy atom. The van der Waals surface area contributed by atoms with E-state index in [1.54, 1.807) is 0 Å². The number of carbonyl (C=O) groups excluding carboxylic acids is 2. The molecule has 1 aromatic carbocycles. The van der Waals surface area contributed by atoms with Crippen molar-refractivity contribution in [2.24, 2.45) is 11.3 Å². The molecule has 0 radical (unpaired) electrons. The summed E-state index contributed by atoms with van der Waals surface area (Å²) in [4.78, 5) is 27.7. The molecule has 2 amide bonds. The number of nitrogens with zero attached hydrogens (tertiary/aromatic N) is 1. The van der Waals surface area contributed by atoms with Crippen LogP contribution in [0.4, 0.5) is 11.4 Å². The summed E-state index contributed by atoms with van der Waals surface area (Å²) in [6.07, 6.45) is 4.38. The van der Waals surface area contributed by atoms with Gasteiger partial charge in [-0.15, -0.1) is 0 Å². The minimum absolute atomic E-state index is 0.0669. The lowest BCUT2D eigenvalue weighted by atomic mass is 9.95. The van der Waals surface area contributed by atoms with Crippen molar-refractivity contribution < 1.29 is 14.3 Å². The van der Waals surface area contributed by atoms with Gasteiger partial charge in [-0.3, -0.25) is 9.59 Å². The zero-order valence-electron chi connectivity index (χ0n) is 18.2. The largest absolute Gasteiger partial charge is 0.376 e. The summed E-state index contributed by atoms with van der Waals surface area (Å²) in [7, 11) is 0. The number of piperidine rings is 1. The van der Waals surface area contributed by atoms with Crippen molar-refractivity contribution in [1.82, 2.24) is 5.32 Å². The average molecular weight is 402 g/mol. The second-order valence-electron chi connectivity index (χ2n) is 9.45. The van der Waals surface area contributed by atoms with Crippen LogP contribution in [0.15, 0.2) is 18.2 Å². The standard InChI is InChI=1S/C23H35N3O3/c1-16-9-11-26(12-10-16)20-8-7-17(25-22(28)23(2,3)4)14-19(20)21(27)24-15-18-6-5-13-29-18/h7-8,14,16,18H,5-6,9-13,15H2,1-4H3,(H,24,27)(H,25,28)/t18-/m1/s1. The van der Waals surface area contributed by atoms with E-state index in [4.69, 9.17) is 4.74 Å². The van der Waals surface area contributed by atoms with Crippen LogP contribution in [0, 0.1) is 11.3 Å². The Hall–Kier alpha value is -2.08. The van der Waals surface area contributed by atoms with Crippen LogP contribution < -0.4 is 15.5 Å². The first-order valence-electron chi connectivity index (χ1n) is 10.8. The number of benzene rings is 1. The highest BCUT2D eigenvalue weighted by molar-refractivity contribution is 6.02. The van der Waals surface area contributed by atoms with Gasteiger partial charge >= 0.3 is 0 Å². The molecule has 6 heteroatoms. The molecule has 6 nitrogen and oxygen atoms in total. The fraction of sp³-hybridized carbons (Fsp3) is 0.652. The average Bonchev–Trinajstić information content (AvgIpc) is 3.20. The maximum Gasteiger partial charge on any atom is 0.253 e. The van der Waals surface area contributed by atoms with Crippen LogP contribution in [0.5, 0.6) is 0 Å². The van der Waals surface area contributed by atoms with Gasteiger partial charge in [-0.1, -0.05) is 27.7 Å². The number of amides is 2. The highest BCUT2D eigenvalue weighted by Crippen LogP contribution is 2.29. The lowest BCUT2D eigenvalue weighted by Gasteiger charge is -2.33. The SMILES string of the molecule is CC1CCN(c2ccc(NC(=O)C(C)(C)C)cc2C(=O)NC[C@H]2CCCO2)CC1. The first-order valence-corrected chi connectivity index (χ1v) is 10.8. The van der Waals surface area contributed by atoms with E-state index < -0.39 is 5.41 Å². The molecule has 160 valence electrons. The predicted molar refractivity (Wildman–Crippen MR) is 116 cm³/mol. The maximum atomic E-state index is 13.1. The lowest BCUT2D eigenvalue weighted by molar-refractivity contribution is -0.123. The highest BCUT2D eigenvalue weighted by atomic mass is 16.5. The minimum Gasteiger partial charge on any atom is -0.376 e. The van der Waals surface area contributed by atoms with Crippen LogP contribution in [0.1, 0.15) is 63.7 Å². The lowest BCUT2D eigenvalue weighted by Crippen LogP contribution is -2.36. The molecule has 0 unspecified atom stereocenters. The molecule has 1 aromatic rings. The molecule has 2 aliphatic rings. The molecule has 0 aromatic heterocycles. The molecule has 0 saturated carbocycles. The molecule has 2 heterocycles. The molecular weight excluding hydrogens is 366 g/mol. The van der Waals surface area contributed by atoms with Crippen LogP contribution in [0.2, 0.25) is 0 Å². The van der Waals surface area contributed by atoms with Gasteiger partial charge in [0, 0.05) is 43.0 Å². The van der Waals surface area contributed by atoms with E-state index in [1.165, 1.54) is 0 Å². The molecule has 2 aliphatic heterocycles. The quantitative estimate of drug-likeness (QED) is 0.787. The normalized spacial score (nSPS) is 20.6. The van der Waals surface area contributed by atoms with Gasteiger partial charge in [-0.05, 0) is 49.8 Å². The maximum absolute atomic E-state index is 13.1. The number of nitrogens with one attached hydrogen (secondary N) is 2. The van der Waals surface area contributed by atoms with E-state index in [1.807, 2.05) is 39.0 Å². The molecule has 0 bridgehead atoms. The van der Waals surface area contributed by atoms with E-state index in [-0.39, 0.29) is 17.9 Å².